The first-order valence-corrected chi connectivity index (χ1v) is 9.46. The van der Waals surface area contributed by atoms with Gasteiger partial charge in [0.2, 0.25) is 5.91 Å². The van der Waals surface area contributed by atoms with Gasteiger partial charge in [-0.2, -0.15) is 10.2 Å². The van der Waals surface area contributed by atoms with Gasteiger partial charge in [-0.15, -0.1) is 0 Å². The van der Waals surface area contributed by atoms with Crippen molar-refractivity contribution in [2.75, 3.05) is 0 Å². The molecule has 0 fully saturated rings. The van der Waals surface area contributed by atoms with Gasteiger partial charge in [0.15, 0.2) is 5.65 Å². The Morgan fingerprint density at radius 3 is 2.97 bits per heavy atom. The van der Waals surface area contributed by atoms with Gasteiger partial charge < -0.3 is 5.73 Å². The van der Waals surface area contributed by atoms with E-state index in [-0.39, 0.29) is 0 Å². The van der Waals surface area contributed by atoms with E-state index in [0.717, 1.165) is 59.0 Å². The van der Waals surface area contributed by atoms with E-state index in [0.29, 0.717) is 5.65 Å². The number of nitrogens with two attached hydrogens (primary N) is 1. The van der Waals surface area contributed by atoms with Crippen molar-refractivity contribution in [2.24, 2.45) is 5.73 Å². The highest BCUT2D eigenvalue weighted by molar-refractivity contribution is 5.93. The monoisotopic (exact) mass is 385 g/mol. The highest BCUT2D eigenvalue weighted by atomic mass is 16.1. The van der Waals surface area contributed by atoms with Crippen molar-refractivity contribution in [3.8, 4) is 22.5 Å². The number of aryl methyl sites for hydroxylation is 2. The van der Waals surface area contributed by atoms with Gasteiger partial charge in [-0.3, -0.25) is 14.5 Å². The number of carbonyl (C=O) groups is 1. The molecule has 8 heteroatoms. The summed E-state index contributed by atoms with van der Waals surface area (Å²) in [5.41, 5.74) is 12.5. The van der Waals surface area contributed by atoms with Crippen molar-refractivity contribution in [1.29, 1.82) is 0 Å². The van der Waals surface area contributed by atoms with E-state index in [9.17, 15) is 4.79 Å². The molecule has 0 spiro atoms. The molecule has 1 aliphatic rings. The van der Waals surface area contributed by atoms with Crippen molar-refractivity contribution in [3.63, 3.8) is 0 Å². The van der Waals surface area contributed by atoms with Crippen LogP contribution in [0, 0.1) is 6.92 Å². The number of pyridine rings is 2. The largest absolute Gasteiger partial charge is 0.366 e. The highest BCUT2D eigenvalue weighted by Crippen LogP contribution is 2.39. The third kappa shape index (κ3) is 2.89. The summed E-state index contributed by atoms with van der Waals surface area (Å²) in [7, 11) is 0. The van der Waals surface area contributed by atoms with E-state index >= 15 is 0 Å². The number of primary amides is 1. The molecule has 2 N–H and O–H groups in total. The summed E-state index contributed by atoms with van der Waals surface area (Å²) in [4.78, 5) is 20.4. The number of nitrogens with zero attached hydrogens (tertiary/aromatic N) is 6. The first-order valence-electron chi connectivity index (χ1n) is 9.46. The molecule has 4 aromatic heterocycles. The van der Waals surface area contributed by atoms with Crippen LogP contribution in [-0.4, -0.2) is 35.3 Å². The van der Waals surface area contributed by atoms with Crippen LogP contribution in [-0.2, 0) is 17.8 Å². The van der Waals surface area contributed by atoms with Gasteiger partial charge >= 0.3 is 0 Å². The van der Waals surface area contributed by atoms with Crippen molar-refractivity contribution in [3.05, 3.63) is 59.8 Å². The van der Waals surface area contributed by atoms with E-state index in [4.69, 9.17) is 15.8 Å². The highest BCUT2D eigenvalue weighted by Gasteiger charge is 2.26. The molecule has 5 rings (SSSR count). The average molecular weight is 385 g/mol. The van der Waals surface area contributed by atoms with Gasteiger partial charge in [0.05, 0.1) is 11.4 Å². The zero-order chi connectivity index (χ0) is 20.0. The lowest BCUT2D eigenvalue weighted by Crippen LogP contribution is -2.06. The summed E-state index contributed by atoms with van der Waals surface area (Å²) in [5.74, 6) is -0.520. The van der Waals surface area contributed by atoms with E-state index in [1.807, 2.05) is 37.3 Å². The number of carbonyl (C=O) groups excluding carboxylic acids is 1. The molecule has 4 aromatic rings. The lowest BCUT2D eigenvalue weighted by molar-refractivity contribution is -0.113. The molecule has 5 heterocycles. The summed E-state index contributed by atoms with van der Waals surface area (Å²) in [5, 5.41) is 9.21. The number of hydrogen-bond acceptors (Lipinski definition) is 5. The lowest BCUT2D eigenvalue weighted by Gasteiger charge is -2.10. The van der Waals surface area contributed by atoms with Gasteiger partial charge in [-0.25, -0.2) is 9.50 Å². The van der Waals surface area contributed by atoms with E-state index in [2.05, 4.69) is 14.8 Å². The smallest absolute Gasteiger partial charge is 0.241 e. The SMILES string of the molecule is Cc1cccc(-c2nn3c(c2-c2ccc4ncnn4c2/C=C/C(N)=O)CCC3)n1. The third-order valence-corrected chi connectivity index (χ3v) is 5.12. The zero-order valence-electron chi connectivity index (χ0n) is 15.9. The van der Waals surface area contributed by atoms with Gasteiger partial charge in [-0.1, -0.05) is 6.07 Å². The Morgan fingerprint density at radius 1 is 1.24 bits per heavy atom. The second kappa shape index (κ2) is 6.66. The molecule has 29 heavy (non-hydrogen) atoms. The Bertz CT molecular complexity index is 1280. The van der Waals surface area contributed by atoms with Gasteiger partial charge in [0.25, 0.3) is 0 Å². The zero-order valence-corrected chi connectivity index (χ0v) is 15.9. The fourth-order valence-electron chi connectivity index (χ4n) is 3.91. The fraction of sp³-hybridized carbons (Fsp3) is 0.190. The number of fused-ring (bicyclic) bond motifs is 2. The number of rotatable bonds is 4. The molecule has 8 nitrogen and oxygen atoms in total. The Balaban J connectivity index is 1.81. The Labute approximate surface area is 166 Å². The second-order valence-corrected chi connectivity index (χ2v) is 7.06. The minimum atomic E-state index is -0.520. The van der Waals surface area contributed by atoms with Gasteiger partial charge in [0.1, 0.15) is 12.0 Å². The molecule has 144 valence electrons. The summed E-state index contributed by atoms with van der Waals surface area (Å²) >= 11 is 0. The van der Waals surface area contributed by atoms with E-state index in [1.54, 1.807) is 10.6 Å². The maximum absolute atomic E-state index is 11.4. The van der Waals surface area contributed by atoms with Crippen LogP contribution in [0.2, 0.25) is 0 Å². The average Bonchev–Trinajstić information content (AvgIpc) is 3.41. The molecule has 0 aliphatic carbocycles. The molecule has 0 unspecified atom stereocenters. The molecule has 0 saturated heterocycles. The first-order chi connectivity index (χ1) is 14.1. The number of aromatic nitrogens is 6. The summed E-state index contributed by atoms with van der Waals surface area (Å²) in [6.45, 7) is 2.85. The van der Waals surface area contributed by atoms with Crippen LogP contribution in [0.15, 0.2) is 42.7 Å². The predicted octanol–water partition coefficient (Wildman–Crippen LogP) is 2.41. The quantitative estimate of drug-likeness (QED) is 0.543. The van der Waals surface area contributed by atoms with Crippen LogP contribution < -0.4 is 5.73 Å². The maximum Gasteiger partial charge on any atom is 0.241 e. The van der Waals surface area contributed by atoms with Gasteiger partial charge in [0, 0.05) is 35.1 Å². The minimum absolute atomic E-state index is 0.520. The number of hydrogen-bond donors (Lipinski definition) is 1. The summed E-state index contributed by atoms with van der Waals surface area (Å²) in [6.07, 6.45) is 6.50. The number of amides is 1. The molecule has 1 aliphatic heterocycles. The predicted molar refractivity (Wildman–Crippen MR) is 109 cm³/mol. The normalized spacial score (nSPS) is 13.4. The van der Waals surface area contributed by atoms with Gasteiger partial charge in [-0.05, 0) is 50.1 Å². The van der Waals surface area contributed by atoms with Crippen LogP contribution in [0.3, 0.4) is 0 Å². The third-order valence-electron chi connectivity index (χ3n) is 5.12. The maximum atomic E-state index is 11.4. The topological polar surface area (TPSA) is 104 Å². The lowest BCUT2D eigenvalue weighted by atomic mass is 9.98. The van der Waals surface area contributed by atoms with E-state index < -0.39 is 5.91 Å². The molecule has 0 aromatic carbocycles. The van der Waals surface area contributed by atoms with Crippen LogP contribution in [0.1, 0.15) is 23.5 Å². The first kappa shape index (κ1) is 17.3. The molecule has 0 radical (unpaired) electrons. The fourth-order valence-corrected chi connectivity index (χ4v) is 3.91. The Kier molecular flexibility index (Phi) is 3.97. The van der Waals surface area contributed by atoms with Crippen molar-refractivity contribution >= 4 is 17.6 Å². The van der Waals surface area contributed by atoms with E-state index in [1.165, 1.54) is 12.4 Å². The minimum Gasteiger partial charge on any atom is -0.366 e. The molecular weight excluding hydrogens is 366 g/mol. The van der Waals surface area contributed by atoms with Crippen molar-refractivity contribution < 1.29 is 4.79 Å². The molecule has 0 bridgehead atoms. The summed E-state index contributed by atoms with van der Waals surface area (Å²) in [6, 6.07) is 9.84. The van der Waals surface area contributed by atoms with Crippen LogP contribution in [0.4, 0.5) is 0 Å². The second-order valence-electron chi connectivity index (χ2n) is 7.06. The van der Waals surface area contributed by atoms with Crippen LogP contribution in [0.25, 0.3) is 34.2 Å². The molecular formula is C21H19N7O. The molecule has 0 atom stereocenters. The molecule has 1 amide bonds. The Hall–Kier alpha value is -3.81. The van der Waals surface area contributed by atoms with Crippen LogP contribution in [0.5, 0.6) is 0 Å². The summed E-state index contributed by atoms with van der Waals surface area (Å²) < 4.78 is 3.77. The Morgan fingerprint density at radius 2 is 2.14 bits per heavy atom. The molecule has 0 saturated carbocycles. The van der Waals surface area contributed by atoms with Crippen LogP contribution >= 0.6 is 0 Å². The van der Waals surface area contributed by atoms with Crippen molar-refractivity contribution in [1.82, 2.24) is 29.4 Å². The van der Waals surface area contributed by atoms with Crippen molar-refractivity contribution in [2.45, 2.75) is 26.3 Å². The standard InChI is InChI=1S/C21H19N7O/c1-13-4-2-5-15(25-13)21-20(17-6-3-11-27(17)26-21)14-7-10-19-23-12-24-28(19)16(14)8-9-18(22)29/h2,4-5,7-10,12H,3,6,11H2,1H3,(H2,22,29)/b9-8+.